The Morgan fingerprint density at radius 1 is 1.08 bits per heavy atom. The van der Waals surface area contributed by atoms with Crippen LogP contribution >= 0.6 is 12.4 Å². The molecule has 1 unspecified atom stereocenters. The predicted octanol–water partition coefficient (Wildman–Crippen LogP) is 3.96. The molecule has 2 aromatic carbocycles. The van der Waals surface area contributed by atoms with Gasteiger partial charge in [-0.25, -0.2) is 0 Å². The van der Waals surface area contributed by atoms with E-state index < -0.39 is 6.10 Å². The minimum Gasteiger partial charge on any atom is -0.491 e. The van der Waals surface area contributed by atoms with E-state index in [4.69, 9.17) is 4.74 Å². The van der Waals surface area contributed by atoms with Crippen molar-refractivity contribution in [1.29, 1.82) is 0 Å². The lowest BCUT2D eigenvalue weighted by molar-refractivity contribution is 0.0674. The van der Waals surface area contributed by atoms with E-state index in [0.29, 0.717) is 24.3 Å². The maximum atomic E-state index is 11.6. The molecule has 4 nitrogen and oxygen atoms in total. The van der Waals surface area contributed by atoms with Gasteiger partial charge in [-0.3, -0.25) is 9.69 Å². The molecule has 0 bridgehead atoms. The number of aliphatic hydroxyl groups is 1. The van der Waals surface area contributed by atoms with Crippen LogP contribution in [0.2, 0.25) is 0 Å². The van der Waals surface area contributed by atoms with Gasteiger partial charge in [-0.1, -0.05) is 44.2 Å². The van der Waals surface area contributed by atoms with E-state index in [-0.39, 0.29) is 24.8 Å². The number of aliphatic hydroxyl groups excluding tert-OH is 1. The molecule has 1 atom stereocenters. The summed E-state index contributed by atoms with van der Waals surface area (Å²) >= 11 is 0. The highest BCUT2D eigenvalue weighted by molar-refractivity contribution is 5.95. The Morgan fingerprint density at radius 3 is 2.31 bits per heavy atom. The topological polar surface area (TPSA) is 49.8 Å². The highest BCUT2D eigenvalue weighted by Gasteiger charge is 2.12. The van der Waals surface area contributed by atoms with Gasteiger partial charge in [0.05, 0.1) is 0 Å². The smallest absolute Gasteiger partial charge is 0.162 e. The van der Waals surface area contributed by atoms with Crippen molar-refractivity contribution in [3.05, 3.63) is 65.7 Å². The molecular weight excluding hydrogens is 350 g/mol. The molecule has 0 amide bonds. The second kappa shape index (κ2) is 11.7. The highest BCUT2D eigenvalue weighted by atomic mass is 35.5. The standard InChI is InChI=1S/C21H27NO3.ClH/c1-3-21(24)18-10-12-20(13-11-18)25-16-19(23)15-22(4-2)14-17-8-6-5-7-9-17;/h5-13,19,23H,3-4,14-16H2,1-2H3;1H. The van der Waals surface area contributed by atoms with Crippen LogP contribution in [-0.2, 0) is 6.54 Å². The number of ether oxygens (including phenoxy) is 1. The zero-order valence-corrected chi connectivity index (χ0v) is 16.2. The number of ketones is 1. The second-order valence-corrected chi connectivity index (χ2v) is 6.08. The number of hydrogen-bond acceptors (Lipinski definition) is 4. The number of nitrogens with zero attached hydrogens (tertiary/aromatic N) is 1. The van der Waals surface area contributed by atoms with Crippen LogP contribution in [0.3, 0.4) is 0 Å². The maximum absolute atomic E-state index is 11.6. The predicted molar refractivity (Wildman–Crippen MR) is 107 cm³/mol. The number of likely N-dealkylation sites (N-methyl/N-ethyl adjacent to an activating group) is 1. The lowest BCUT2D eigenvalue weighted by atomic mass is 10.1. The summed E-state index contributed by atoms with van der Waals surface area (Å²) in [7, 11) is 0. The van der Waals surface area contributed by atoms with Crippen LogP contribution in [0.1, 0.15) is 36.2 Å². The average molecular weight is 378 g/mol. The van der Waals surface area contributed by atoms with Gasteiger partial charge in [-0.05, 0) is 36.4 Å². The van der Waals surface area contributed by atoms with Gasteiger partial charge >= 0.3 is 0 Å². The zero-order valence-electron chi connectivity index (χ0n) is 15.4. The van der Waals surface area contributed by atoms with Gasteiger partial charge in [0.2, 0.25) is 0 Å². The molecule has 26 heavy (non-hydrogen) atoms. The minimum absolute atomic E-state index is 0. The molecule has 0 aliphatic rings. The molecule has 0 fully saturated rings. The molecule has 0 aliphatic carbocycles. The normalized spacial score (nSPS) is 11.7. The summed E-state index contributed by atoms with van der Waals surface area (Å²) < 4.78 is 5.64. The lowest BCUT2D eigenvalue weighted by Gasteiger charge is -2.23. The molecule has 0 saturated heterocycles. The fraction of sp³-hybridized carbons (Fsp3) is 0.381. The summed E-state index contributed by atoms with van der Waals surface area (Å²) in [5.41, 5.74) is 1.92. The second-order valence-electron chi connectivity index (χ2n) is 6.08. The van der Waals surface area contributed by atoms with Crippen LogP contribution in [0.15, 0.2) is 54.6 Å². The van der Waals surface area contributed by atoms with Crippen molar-refractivity contribution >= 4 is 18.2 Å². The van der Waals surface area contributed by atoms with E-state index in [2.05, 4.69) is 24.0 Å². The summed E-state index contributed by atoms with van der Waals surface area (Å²) in [6.07, 6.45) is -0.0756. The number of rotatable bonds is 10. The van der Waals surface area contributed by atoms with E-state index in [0.717, 1.165) is 13.1 Å². The van der Waals surface area contributed by atoms with E-state index in [9.17, 15) is 9.90 Å². The van der Waals surface area contributed by atoms with Crippen LogP contribution in [0, 0.1) is 0 Å². The highest BCUT2D eigenvalue weighted by Crippen LogP contribution is 2.14. The van der Waals surface area contributed by atoms with Gasteiger partial charge in [0.15, 0.2) is 5.78 Å². The first kappa shape index (κ1) is 22.2. The summed E-state index contributed by atoms with van der Waals surface area (Å²) in [5.74, 6) is 0.781. The molecule has 2 rings (SSSR count). The van der Waals surface area contributed by atoms with Crippen LogP contribution in [-0.4, -0.2) is 41.6 Å². The molecule has 5 heteroatoms. The first-order valence-electron chi connectivity index (χ1n) is 8.82. The molecule has 0 heterocycles. The molecule has 142 valence electrons. The van der Waals surface area contributed by atoms with Gasteiger partial charge in [-0.15, -0.1) is 12.4 Å². The van der Waals surface area contributed by atoms with Crippen molar-refractivity contribution in [3.8, 4) is 5.75 Å². The summed E-state index contributed by atoms with van der Waals surface area (Å²) in [6.45, 7) is 6.38. The van der Waals surface area contributed by atoms with Crippen LogP contribution in [0.4, 0.5) is 0 Å². The van der Waals surface area contributed by atoms with E-state index in [1.54, 1.807) is 24.3 Å². The van der Waals surface area contributed by atoms with Crippen molar-refractivity contribution in [2.45, 2.75) is 32.9 Å². The van der Waals surface area contributed by atoms with Crippen molar-refractivity contribution in [2.24, 2.45) is 0 Å². The van der Waals surface area contributed by atoms with Gasteiger partial charge in [0.1, 0.15) is 18.5 Å². The number of Topliss-reactive ketones (excluding diaryl/α,β-unsaturated/α-hetero) is 1. The van der Waals surface area contributed by atoms with Gasteiger partial charge in [-0.2, -0.15) is 0 Å². The minimum atomic E-state index is -0.569. The van der Waals surface area contributed by atoms with Gasteiger partial charge in [0, 0.05) is 25.1 Å². The van der Waals surface area contributed by atoms with Gasteiger partial charge in [0.25, 0.3) is 0 Å². The molecule has 0 saturated carbocycles. The zero-order chi connectivity index (χ0) is 18.1. The molecule has 0 spiro atoms. The number of halogens is 1. The third-order valence-corrected chi connectivity index (χ3v) is 4.10. The molecule has 0 aliphatic heterocycles. The van der Waals surface area contributed by atoms with Crippen molar-refractivity contribution in [3.63, 3.8) is 0 Å². The quantitative estimate of drug-likeness (QED) is 0.636. The van der Waals surface area contributed by atoms with Crippen molar-refractivity contribution < 1.29 is 14.6 Å². The summed E-state index contributed by atoms with van der Waals surface area (Å²) in [5, 5.41) is 10.3. The third kappa shape index (κ3) is 7.16. The Bertz CT molecular complexity index is 646. The molecular formula is C21H28ClNO3. The average Bonchev–Trinajstić information content (AvgIpc) is 2.66. The molecule has 0 aromatic heterocycles. The number of carbonyl (C=O) groups excluding carboxylic acids is 1. The fourth-order valence-electron chi connectivity index (χ4n) is 2.63. The molecule has 2 aromatic rings. The Hall–Kier alpha value is -1.88. The Labute approximate surface area is 162 Å². The SMILES string of the molecule is CCC(=O)c1ccc(OCC(O)CN(CC)Cc2ccccc2)cc1.Cl. The first-order valence-corrected chi connectivity index (χ1v) is 8.82. The Balaban J connectivity index is 0.00000338. The fourth-order valence-corrected chi connectivity index (χ4v) is 2.63. The largest absolute Gasteiger partial charge is 0.491 e. The van der Waals surface area contributed by atoms with Crippen LogP contribution in [0.5, 0.6) is 5.75 Å². The third-order valence-electron chi connectivity index (χ3n) is 4.10. The number of benzene rings is 2. The van der Waals surface area contributed by atoms with E-state index in [1.807, 2.05) is 25.1 Å². The van der Waals surface area contributed by atoms with Crippen molar-refractivity contribution in [2.75, 3.05) is 19.7 Å². The lowest BCUT2D eigenvalue weighted by Crippen LogP contribution is -2.35. The molecule has 0 radical (unpaired) electrons. The summed E-state index contributed by atoms with van der Waals surface area (Å²) in [4.78, 5) is 13.8. The molecule has 1 N–H and O–H groups in total. The van der Waals surface area contributed by atoms with Crippen LogP contribution < -0.4 is 4.74 Å². The van der Waals surface area contributed by atoms with Crippen LogP contribution in [0.25, 0.3) is 0 Å². The Kier molecular flexibility index (Phi) is 9.96. The Morgan fingerprint density at radius 2 is 1.73 bits per heavy atom. The monoisotopic (exact) mass is 377 g/mol. The maximum Gasteiger partial charge on any atom is 0.162 e. The summed E-state index contributed by atoms with van der Waals surface area (Å²) in [6, 6.07) is 17.3. The van der Waals surface area contributed by atoms with E-state index in [1.165, 1.54) is 5.56 Å². The first-order chi connectivity index (χ1) is 12.1. The van der Waals surface area contributed by atoms with E-state index >= 15 is 0 Å². The van der Waals surface area contributed by atoms with Crippen molar-refractivity contribution in [1.82, 2.24) is 4.90 Å². The number of carbonyl (C=O) groups is 1. The number of hydrogen-bond donors (Lipinski definition) is 1. The van der Waals surface area contributed by atoms with Gasteiger partial charge < -0.3 is 9.84 Å².